The maximum absolute atomic E-state index is 13.6. The molecular weight excluding hydrogens is 295 g/mol. The van der Waals surface area contributed by atoms with Crippen LogP contribution in [0.3, 0.4) is 0 Å². The number of amides is 1. The van der Waals surface area contributed by atoms with Gasteiger partial charge in [0.05, 0.1) is 11.4 Å². The number of hydrogen-bond donors (Lipinski definition) is 1. The van der Waals surface area contributed by atoms with Crippen molar-refractivity contribution in [1.29, 1.82) is 0 Å². The van der Waals surface area contributed by atoms with Gasteiger partial charge in [-0.25, -0.2) is 18.2 Å². The molecule has 0 fully saturated rings. The molecule has 1 aromatic carbocycles. The second-order valence-corrected chi connectivity index (χ2v) is 4.65. The molecule has 1 amide bonds. The number of hydrogen-bond acceptors (Lipinski definition) is 2. The van der Waals surface area contributed by atoms with E-state index in [2.05, 4.69) is 10.3 Å². The van der Waals surface area contributed by atoms with Crippen molar-refractivity contribution >= 4 is 17.2 Å². The molecule has 0 unspecified atom stereocenters. The third kappa shape index (κ3) is 2.20. The first-order valence-corrected chi connectivity index (χ1v) is 6.37. The highest BCUT2D eigenvalue weighted by Crippen LogP contribution is 2.21. The summed E-state index contributed by atoms with van der Waals surface area (Å²) in [6.45, 7) is 1.63. The number of nitrogens with zero attached hydrogens (tertiary/aromatic N) is 2. The Bertz CT molecular complexity index is 889. The van der Waals surface area contributed by atoms with Crippen molar-refractivity contribution in [1.82, 2.24) is 9.38 Å². The number of imidazole rings is 1. The van der Waals surface area contributed by atoms with Gasteiger partial charge in [0.15, 0.2) is 17.5 Å². The molecule has 0 radical (unpaired) electrons. The molecule has 0 spiro atoms. The summed E-state index contributed by atoms with van der Waals surface area (Å²) in [4.78, 5) is 16.5. The first-order valence-electron chi connectivity index (χ1n) is 6.37. The van der Waals surface area contributed by atoms with Gasteiger partial charge in [-0.05, 0) is 31.2 Å². The van der Waals surface area contributed by atoms with Crippen LogP contribution < -0.4 is 5.32 Å². The van der Waals surface area contributed by atoms with Crippen LogP contribution in [-0.4, -0.2) is 15.3 Å². The predicted octanol–water partition coefficient (Wildman–Crippen LogP) is 3.31. The van der Waals surface area contributed by atoms with Crippen molar-refractivity contribution in [3.63, 3.8) is 0 Å². The highest BCUT2D eigenvalue weighted by atomic mass is 19.2. The quantitative estimate of drug-likeness (QED) is 0.738. The molecule has 2 aromatic heterocycles. The highest BCUT2D eigenvalue weighted by Gasteiger charge is 2.20. The number of pyridine rings is 1. The lowest BCUT2D eigenvalue weighted by Gasteiger charge is -2.08. The fourth-order valence-electron chi connectivity index (χ4n) is 2.19. The molecule has 112 valence electrons. The molecule has 22 heavy (non-hydrogen) atoms. The summed E-state index contributed by atoms with van der Waals surface area (Å²) < 4.78 is 41.3. The minimum absolute atomic E-state index is 0.194. The van der Waals surface area contributed by atoms with Crippen LogP contribution in [0, 0.1) is 24.4 Å². The topological polar surface area (TPSA) is 46.4 Å². The Kier molecular flexibility index (Phi) is 3.32. The molecule has 4 nitrogen and oxygen atoms in total. The van der Waals surface area contributed by atoms with E-state index in [0.29, 0.717) is 11.3 Å². The Morgan fingerprint density at radius 3 is 2.68 bits per heavy atom. The van der Waals surface area contributed by atoms with Gasteiger partial charge in [-0.3, -0.25) is 9.20 Å². The van der Waals surface area contributed by atoms with E-state index in [-0.39, 0.29) is 5.69 Å². The summed E-state index contributed by atoms with van der Waals surface area (Å²) in [5.41, 5.74) is 0.747. The maximum atomic E-state index is 13.6. The van der Waals surface area contributed by atoms with Crippen LogP contribution in [0.5, 0.6) is 0 Å². The van der Waals surface area contributed by atoms with Crippen LogP contribution in [0.15, 0.2) is 36.5 Å². The molecule has 0 bridgehead atoms. The maximum Gasteiger partial charge on any atom is 0.274 e. The Balaban J connectivity index is 2.01. The Hall–Kier alpha value is -2.83. The average molecular weight is 305 g/mol. The normalized spacial score (nSPS) is 10.9. The van der Waals surface area contributed by atoms with Crippen LogP contribution in [0.25, 0.3) is 5.65 Å². The van der Waals surface area contributed by atoms with Crippen LogP contribution >= 0.6 is 0 Å². The molecule has 2 heterocycles. The van der Waals surface area contributed by atoms with Crippen LogP contribution in [-0.2, 0) is 0 Å². The largest absolute Gasteiger partial charge is 0.318 e. The summed E-state index contributed by atoms with van der Waals surface area (Å²) in [7, 11) is 0. The lowest BCUT2D eigenvalue weighted by atomic mass is 10.2. The van der Waals surface area contributed by atoms with E-state index in [9.17, 15) is 18.0 Å². The minimum atomic E-state index is -1.63. The van der Waals surface area contributed by atoms with E-state index in [1.54, 1.807) is 31.3 Å². The van der Waals surface area contributed by atoms with Gasteiger partial charge < -0.3 is 5.32 Å². The zero-order valence-corrected chi connectivity index (χ0v) is 11.4. The molecule has 3 rings (SSSR count). The first kappa shape index (κ1) is 14.1. The SMILES string of the molecule is Cc1nc2ccccn2c1C(=O)Nc1ccc(F)c(F)c1F. The van der Waals surface area contributed by atoms with Gasteiger partial charge in [0.25, 0.3) is 5.91 Å². The third-order valence-corrected chi connectivity index (χ3v) is 3.20. The average Bonchev–Trinajstić information content (AvgIpc) is 2.83. The fourth-order valence-corrected chi connectivity index (χ4v) is 2.19. The zero-order valence-electron chi connectivity index (χ0n) is 11.4. The number of halogens is 3. The molecular formula is C15H10F3N3O. The number of benzene rings is 1. The van der Waals surface area contributed by atoms with E-state index in [1.165, 1.54) is 4.40 Å². The van der Waals surface area contributed by atoms with Crippen molar-refractivity contribution in [2.24, 2.45) is 0 Å². The van der Waals surface area contributed by atoms with E-state index < -0.39 is 29.0 Å². The van der Waals surface area contributed by atoms with E-state index in [0.717, 1.165) is 12.1 Å². The molecule has 7 heteroatoms. The van der Waals surface area contributed by atoms with Crippen molar-refractivity contribution < 1.29 is 18.0 Å². The third-order valence-electron chi connectivity index (χ3n) is 3.20. The number of rotatable bonds is 2. The predicted molar refractivity (Wildman–Crippen MR) is 74.2 cm³/mol. The van der Waals surface area contributed by atoms with Gasteiger partial charge in [0.2, 0.25) is 0 Å². The lowest BCUT2D eigenvalue weighted by molar-refractivity contribution is 0.102. The van der Waals surface area contributed by atoms with Crippen LogP contribution in [0.4, 0.5) is 18.9 Å². The molecule has 0 saturated heterocycles. The number of nitrogens with one attached hydrogen (secondary N) is 1. The molecule has 1 N–H and O–H groups in total. The Morgan fingerprint density at radius 1 is 1.14 bits per heavy atom. The summed E-state index contributed by atoms with van der Waals surface area (Å²) in [5.74, 6) is -5.06. The standard InChI is InChI=1S/C15H10F3N3O/c1-8-14(21-7-3-2-4-11(21)19-8)15(22)20-10-6-5-9(16)12(17)13(10)18/h2-7H,1H3,(H,20,22). The number of aryl methyl sites for hydroxylation is 1. The van der Waals surface area contributed by atoms with Crippen molar-refractivity contribution in [2.75, 3.05) is 5.32 Å². The molecule has 0 aliphatic carbocycles. The summed E-state index contributed by atoms with van der Waals surface area (Å²) in [6.07, 6.45) is 1.63. The zero-order chi connectivity index (χ0) is 15.9. The summed E-state index contributed by atoms with van der Waals surface area (Å²) in [6, 6.07) is 6.89. The molecule has 0 atom stereocenters. The fraction of sp³-hybridized carbons (Fsp3) is 0.0667. The number of carbonyl (C=O) groups excluding carboxylic acids is 1. The molecule has 0 aliphatic rings. The summed E-state index contributed by atoms with van der Waals surface area (Å²) >= 11 is 0. The van der Waals surface area contributed by atoms with E-state index in [4.69, 9.17) is 0 Å². The van der Waals surface area contributed by atoms with E-state index >= 15 is 0 Å². The number of carbonyl (C=O) groups is 1. The Morgan fingerprint density at radius 2 is 1.91 bits per heavy atom. The van der Waals surface area contributed by atoms with Crippen molar-refractivity contribution in [3.8, 4) is 0 Å². The van der Waals surface area contributed by atoms with Gasteiger partial charge in [-0.2, -0.15) is 0 Å². The smallest absolute Gasteiger partial charge is 0.274 e. The highest BCUT2D eigenvalue weighted by molar-refractivity contribution is 6.04. The van der Waals surface area contributed by atoms with Gasteiger partial charge in [-0.15, -0.1) is 0 Å². The molecule has 3 aromatic rings. The monoisotopic (exact) mass is 305 g/mol. The van der Waals surface area contributed by atoms with Crippen molar-refractivity contribution in [2.45, 2.75) is 6.92 Å². The van der Waals surface area contributed by atoms with Gasteiger partial charge in [-0.1, -0.05) is 6.07 Å². The van der Waals surface area contributed by atoms with Crippen molar-refractivity contribution in [3.05, 3.63) is 65.4 Å². The van der Waals surface area contributed by atoms with Gasteiger partial charge in [0, 0.05) is 6.20 Å². The molecule has 0 aliphatic heterocycles. The Labute approximate surface area is 123 Å². The van der Waals surface area contributed by atoms with E-state index in [1.807, 2.05) is 0 Å². The van der Waals surface area contributed by atoms with Crippen LogP contribution in [0.1, 0.15) is 16.2 Å². The number of fused-ring (bicyclic) bond motifs is 1. The van der Waals surface area contributed by atoms with Gasteiger partial charge in [0.1, 0.15) is 11.3 Å². The second-order valence-electron chi connectivity index (χ2n) is 4.65. The molecule has 0 saturated carbocycles. The number of anilines is 1. The van der Waals surface area contributed by atoms with Crippen LogP contribution in [0.2, 0.25) is 0 Å². The minimum Gasteiger partial charge on any atom is -0.318 e. The summed E-state index contributed by atoms with van der Waals surface area (Å²) in [5, 5.41) is 2.23. The first-order chi connectivity index (χ1) is 10.5. The number of aromatic nitrogens is 2. The van der Waals surface area contributed by atoms with Gasteiger partial charge >= 0.3 is 0 Å². The second kappa shape index (κ2) is 5.18. The lowest BCUT2D eigenvalue weighted by Crippen LogP contribution is -2.17.